The molecule has 5 heteroatoms. The third-order valence-electron chi connectivity index (χ3n) is 4.49. The molecule has 0 spiro atoms. The number of pyridine rings is 1. The molecule has 1 atom stereocenters. The van der Waals surface area contributed by atoms with E-state index in [9.17, 15) is 5.11 Å². The van der Waals surface area contributed by atoms with Gasteiger partial charge in [-0.25, -0.2) is 4.98 Å². The van der Waals surface area contributed by atoms with Crippen molar-refractivity contribution in [1.29, 1.82) is 0 Å². The Kier molecular flexibility index (Phi) is 2.94. The van der Waals surface area contributed by atoms with Crippen LogP contribution in [0.25, 0.3) is 5.65 Å². The molecule has 2 N–H and O–H groups in total. The lowest BCUT2D eigenvalue weighted by atomic mass is 10.1. The zero-order chi connectivity index (χ0) is 14.4. The first-order valence-electron chi connectivity index (χ1n) is 7.79. The fourth-order valence-corrected chi connectivity index (χ4v) is 3.11. The molecule has 2 aliphatic rings. The molecule has 5 nitrogen and oxygen atoms in total. The molecule has 1 aliphatic carbocycles. The molecule has 0 radical (unpaired) electrons. The van der Waals surface area contributed by atoms with Gasteiger partial charge in [0.05, 0.1) is 11.3 Å². The number of anilines is 1. The topological polar surface area (TPSA) is 52.8 Å². The molecule has 2 aromatic rings. The Labute approximate surface area is 124 Å². The van der Waals surface area contributed by atoms with Crippen molar-refractivity contribution in [2.24, 2.45) is 0 Å². The summed E-state index contributed by atoms with van der Waals surface area (Å²) in [5, 5.41) is 13.8. The molecule has 3 heterocycles. The highest BCUT2D eigenvalue weighted by Gasteiger charge is 2.34. The maximum absolute atomic E-state index is 10.2. The van der Waals surface area contributed by atoms with Gasteiger partial charge in [0.25, 0.3) is 0 Å². The van der Waals surface area contributed by atoms with Gasteiger partial charge >= 0.3 is 0 Å². The van der Waals surface area contributed by atoms with Crippen LogP contribution in [0.4, 0.5) is 5.82 Å². The van der Waals surface area contributed by atoms with Crippen LogP contribution in [-0.2, 0) is 6.54 Å². The Bertz CT molecular complexity index is 659. The summed E-state index contributed by atoms with van der Waals surface area (Å²) in [5.41, 5.74) is 1.58. The van der Waals surface area contributed by atoms with Crippen molar-refractivity contribution in [3.63, 3.8) is 0 Å². The smallest absolute Gasteiger partial charge is 0.152 e. The summed E-state index contributed by atoms with van der Waals surface area (Å²) in [4.78, 5) is 7.02. The number of β-amino-alcohol motifs (C(OH)–C–C–N with tert-alkyl or cyclic N) is 1. The average molecular weight is 286 g/mol. The van der Waals surface area contributed by atoms with Gasteiger partial charge in [0, 0.05) is 31.9 Å². The molecular weight excluding hydrogens is 264 g/mol. The van der Waals surface area contributed by atoms with E-state index in [4.69, 9.17) is 4.98 Å². The zero-order valence-electron chi connectivity index (χ0n) is 12.4. The van der Waals surface area contributed by atoms with Gasteiger partial charge < -0.3 is 19.7 Å². The van der Waals surface area contributed by atoms with E-state index in [0.717, 1.165) is 31.0 Å². The zero-order valence-corrected chi connectivity index (χ0v) is 12.4. The highest BCUT2D eigenvalue weighted by atomic mass is 16.3. The second-order valence-corrected chi connectivity index (χ2v) is 6.63. The van der Waals surface area contributed by atoms with Crippen LogP contribution in [-0.4, -0.2) is 39.2 Å². The molecule has 1 aliphatic heterocycles. The van der Waals surface area contributed by atoms with E-state index >= 15 is 0 Å². The number of fused-ring (bicyclic) bond motifs is 1. The van der Waals surface area contributed by atoms with Gasteiger partial charge in [-0.2, -0.15) is 0 Å². The van der Waals surface area contributed by atoms with E-state index in [-0.39, 0.29) is 0 Å². The Morgan fingerprint density at radius 3 is 3.00 bits per heavy atom. The minimum absolute atomic E-state index is 0.600. The van der Waals surface area contributed by atoms with E-state index < -0.39 is 5.60 Å². The molecule has 0 amide bonds. The van der Waals surface area contributed by atoms with Gasteiger partial charge in [0.2, 0.25) is 0 Å². The molecule has 1 unspecified atom stereocenters. The molecule has 1 saturated heterocycles. The van der Waals surface area contributed by atoms with Crippen molar-refractivity contribution in [1.82, 2.24) is 14.7 Å². The van der Waals surface area contributed by atoms with Crippen molar-refractivity contribution in [3.8, 4) is 0 Å². The van der Waals surface area contributed by atoms with Gasteiger partial charge in [0.15, 0.2) is 5.82 Å². The fraction of sp³-hybridized carbons (Fsp3) is 0.562. The van der Waals surface area contributed by atoms with Crippen LogP contribution in [0, 0.1) is 0 Å². The lowest BCUT2D eigenvalue weighted by molar-refractivity contribution is 0.0839. The van der Waals surface area contributed by atoms with Gasteiger partial charge in [-0.05, 0) is 38.3 Å². The predicted molar refractivity (Wildman–Crippen MR) is 82.5 cm³/mol. The Morgan fingerprint density at radius 2 is 2.29 bits per heavy atom. The lowest BCUT2D eigenvalue weighted by Gasteiger charge is -2.20. The van der Waals surface area contributed by atoms with Crippen molar-refractivity contribution >= 4 is 11.5 Å². The molecule has 0 aromatic carbocycles. The van der Waals surface area contributed by atoms with Crippen LogP contribution in [0.1, 0.15) is 31.9 Å². The van der Waals surface area contributed by atoms with Crippen LogP contribution in [0.3, 0.4) is 0 Å². The number of nitrogens with one attached hydrogen (secondary N) is 1. The highest BCUT2D eigenvalue weighted by Crippen LogP contribution is 2.30. The number of aromatic nitrogens is 2. The molecule has 112 valence electrons. The summed E-state index contributed by atoms with van der Waals surface area (Å²) in [6, 6.07) is 6.77. The first kappa shape index (κ1) is 13.1. The molecule has 4 rings (SSSR count). The van der Waals surface area contributed by atoms with E-state index in [1.807, 2.05) is 25.1 Å². The normalized spacial score (nSPS) is 25.9. The van der Waals surface area contributed by atoms with E-state index in [2.05, 4.69) is 20.8 Å². The molecule has 0 bridgehead atoms. The molecule has 21 heavy (non-hydrogen) atoms. The van der Waals surface area contributed by atoms with Crippen LogP contribution < -0.4 is 10.2 Å². The van der Waals surface area contributed by atoms with E-state index in [1.54, 1.807) is 0 Å². The summed E-state index contributed by atoms with van der Waals surface area (Å²) in [6.45, 7) is 4.27. The summed E-state index contributed by atoms with van der Waals surface area (Å²) < 4.78 is 2.16. The van der Waals surface area contributed by atoms with Crippen molar-refractivity contribution < 1.29 is 5.11 Å². The standard InChI is InChI=1S/C16H22N4O/c1-16(21)7-9-19(11-16)15-13(10-17-12-5-6-12)20-8-3-2-4-14(20)18-15/h2-4,8,12,17,21H,5-7,9-11H2,1H3. The second kappa shape index (κ2) is 4.71. The third-order valence-corrected chi connectivity index (χ3v) is 4.49. The Hall–Kier alpha value is -1.59. The molecular formula is C16H22N4O. The van der Waals surface area contributed by atoms with Gasteiger partial charge in [-0.1, -0.05) is 6.07 Å². The van der Waals surface area contributed by atoms with Crippen LogP contribution in [0.5, 0.6) is 0 Å². The Balaban J connectivity index is 1.70. The SMILES string of the molecule is CC1(O)CCN(c2nc3ccccn3c2CNC2CC2)C1. The minimum Gasteiger partial charge on any atom is -0.388 e. The summed E-state index contributed by atoms with van der Waals surface area (Å²) >= 11 is 0. The molecule has 2 fully saturated rings. The largest absolute Gasteiger partial charge is 0.388 e. The molecule has 1 saturated carbocycles. The second-order valence-electron chi connectivity index (χ2n) is 6.63. The van der Waals surface area contributed by atoms with Gasteiger partial charge in [0.1, 0.15) is 5.65 Å². The van der Waals surface area contributed by atoms with Gasteiger partial charge in [-0.3, -0.25) is 0 Å². The van der Waals surface area contributed by atoms with Crippen molar-refractivity contribution in [3.05, 3.63) is 30.1 Å². The summed E-state index contributed by atoms with van der Waals surface area (Å²) in [7, 11) is 0. The van der Waals surface area contributed by atoms with Gasteiger partial charge in [-0.15, -0.1) is 0 Å². The predicted octanol–water partition coefficient (Wildman–Crippen LogP) is 1.55. The summed E-state index contributed by atoms with van der Waals surface area (Å²) in [6.07, 6.45) is 5.44. The average Bonchev–Trinajstić information content (AvgIpc) is 3.11. The van der Waals surface area contributed by atoms with Crippen LogP contribution in [0.15, 0.2) is 24.4 Å². The molecule has 2 aromatic heterocycles. The highest BCUT2D eigenvalue weighted by molar-refractivity contribution is 5.56. The number of aliphatic hydroxyl groups is 1. The number of hydrogen-bond donors (Lipinski definition) is 2. The van der Waals surface area contributed by atoms with Crippen molar-refractivity contribution in [2.75, 3.05) is 18.0 Å². The van der Waals surface area contributed by atoms with E-state index in [1.165, 1.54) is 18.5 Å². The quantitative estimate of drug-likeness (QED) is 0.895. The first-order valence-corrected chi connectivity index (χ1v) is 7.79. The number of imidazole rings is 1. The maximum Gasteiger partial charge on any atom is 0.152 e. The third kappa shape index (κ3) is 2.51. The number of nitrogens with zero attached hydrogens (tertiary/aromatic N) is 3. The van der Waals surface area contributed by atoms with Crippen LogP contribution >= 0.6 is 0 Å². The lowest BCUT2D eigenvalue weighted by Crippen LogP contribution is -2.30. The fourth-order valence-electron chi connectivity index (χ4n) is 3.11. The number of rotatable bonds is 4. The van der Waals surface area contributed by atoms with E-state index in [0.29, 0.717) is 12.6 Å². The Morgan fingerprint density at radius 1 is 1.43 bits per heavy atom. The van der Waals surface area contributed by atoms with Crippen molar-refractivity contribution in [2.45, 2.75) is 44.4 Å². The van der Waals surface area contributed by atoms with Crippen LogP contribution in [0.2, 0.25) is 0 Å². The summed E-state index contributed by atoms with van der Waals surface area (Å²) in [5.74, 6) is 1.02. The first-order chi connectivity index (χ1) is 10.1. The maximum atomic E-state index is 10.2. The monoisotopic (exact) mass is 286 g/mol. The minimum atomic E-state index is -0.600. The number of hydrogen-bond acceptors (Lipinski definition) is 4.